The van der Waals surface area contributed by atoms with E-state index in [1.807, 2.05) is 0 Å². The van der Waals surface area contributed by atoms with Crippen LogP contribution in [0.4, 0.5) is 0 Å². The van der Waals surface area contributed by atoms with E-state index in [4.69, 9.17) is 17.3 Å². The van der Waals surface area contributed by atoms with Crippen LogP contribution in [0.2, 0.25) is 0 Å². The minimum Gasteiger partial charge on any atom is -0.403 e. The van der Waals surface area contributed by atoms with Gasteiger partial charge in [-0.25, -0.2) is 0 Å². The first kappa shape index (κ1) is 11.5. The Labute approximate surface area is 79.5 Å². The molecule has 0 aliphatic rings. The number of hydrogen-bond donors (Lipinski definition) is 1. The highest BCUT2D eigenvalue weighted by atomic mass is 35.5. The zero-order valence-electron chi connectivity index (χ0n) is 7.59. The average Bonchev–Trinajstić information content (AvgIpc) is 2.10. The highest BCUT2D eigenvalue weighted by molar-refractivity contribution is 6.39. The van der Waals surface area contributed by atoms with Gasteiger partial charge in [-0.2, -0.15) is 0 Å². The van der Waals surface area contributed by atoms with Gasteiger partial charge in [-0.05, 0) is 6.42 Å². The molecule has 70 valence electrons. The predicted molar refractivity (Wildman–Crippen MR) is 55.6 cm³/mol. The molecule has 0 atom stereocenters. The zero-order chi connectivity index (χ0) is 9.23. The maximum atomic E-state index is 5.59. The molecule has 0 heterocycles. The van der Waals surface area contributed by atoms with Crippen molar-refractivity contribution in [3.8, 4) is 0 Å². The zero-order valence-corrected chi connectivity index (χ0v) is 8.35. The van der Waals surface area contributed by atoms with Crippen molar-refractivity contribution in [2.75, 3.05) is 6.54 Å². The van der Waals surface area contributed by atoms with E-state index in [0.717, 1.165) is 13.0 Å². The minimum absolute atomic E-state index is 0.505. The van der Waals surface area contributed by atoms with E-state index in [2.05, 4.69) is 11.9 Å². The predicted octanol–water partition coefficient (Wildman–Crippen LogP) is 2.68. The van der Waals surface area contributed by atoms with Crippen LogP contribution in [0.15, 0.2) is 16.2 Å². The Bertz CT molecular complexity index is 153. The Balaban J connectivity index is 3.25. The molecule has 0 amide bonds. The molecule has 0 aliphatic heterocycles. The summed E-state index contributed by atoms with van der Waals surface area (Å²) < 4.78 is 0. The van der Waals surface area contributed by atoms with Gasteiger partial charge in [0.15, 0.2) is 0 Å². The molecule has 0 aliphatic carbocycles. The largest absolute Gasteiger partial charge is 0.403 e. The van der Waals surface area contributed by atoms with Crippen molar-refractivity contribution in [2.45, 2.75) is 32.6 Å². The van der Waals surface area contributed by atoms with Crippen LogP contribution in [0.25, 0.3) is 0 Å². The summed E-state index contributed by atoms with van der Waals surface area (Å²) in [6, 6.07) is 0. The summed E-state index contributed by atoms with van der Waals surface area (Å²) in [6.07, 6.45) is 7.88. The Morgan fingerprint density at radius 3 is 2.75 bits per heavy atom. The molecule has 0 unspecified atom stereocenters. The maximum Gasteiger partial charge on any atom is 0.0738 e. The summed E-state index contributed by atoms with van der Waals surface area (Å²) in [5.74, 6) is 0. The van der Waals surface area contributed by atoms with Gasteiger partial charge in [0.1, 0.15) is 0 Å². The first-order valence-corrected chi connectivity index (χ1v) is 4.76. The van der Waals surface area contributed by atoms with E-state index in [1.54, 1.807) is 6.21 Å². The number of nitrogens with zero attached hydrogens (tertiary/aromatic N) is 1. The van der Waals surface area contributed by atoms with Crippen molar-refractivity contribution in [2.24, 2.45) is 10.7 Å². The number of nitrogens with two attached hydrogens (primary N) is 1. The van der Waals surface area contributed by atoms with E-state index >= 15 is 0 Å². The number of unbranched alkanes of at least 4 members (excludes halogenated alkanes) is 3. The van der Waals surface area contributed by atoms with Crippen molar-refractivity contribution < 1.29 is 0 Å². The van der Waals surface area contributed by atoms with Crippen LogP contribution in [0.3, 0.4) is 0 Å². The number of hydrogen-bond acceptors (Lipinski definition) is 2. The minimum atomic E-state index is 0.505. The first-order valence-electron chi connectivity index (χ1n) is 4.38. The standard InChI is InChI=1S/C9H17ClN2/c1-2-3-4-5-6-12-8-9(10)7-11/h7-8H,2-6,11H2,1H3. The third kappa shape index (κ3) is 7.61. The number of rotatable bonds is 6. The summed E-state index contributed by atoms with van der Waals surface area (Å²) >= 11 is 5.59. The fourth-order valence-corrected chi connectivity index (χ4v) is 0.894. The van der Waals surface area contributed by atoms with E-state index in [0.29, 0.717) is 5.03 Å². The fraction of sp³-hybridized carbons (Fsp3) is 0.667. The van der Waals surface area contributed by atoms with Gasteiger partial charge in [-0.3, -0.25) is 4.99 Å². The molecule has 0 rings (SSSR count). The molecule has 12 heavy (non-hydrogen) atoms. The molecule has 0 aromatic rings. The molecule has 0 aromatic heterocycles. The van der Waals surface area contributed by atoms with E-state index in [-0.39, 0.29) is 0 Å². The van der Waals surface area contributed by atoms with Crippen molar-refractivity contribution in [3.05, 3.63) is 11.2 Å². The topological polar surface area (TPSA) is 38.4 Å². The summed E-state index contributed by atoms with van der Waals surface area (Å²) in [5, 5.41) is 0.505. The fourth-order valence-electron chi connectivity index (χ4n) is 0.825. The second kappa shape index (κ2) is 8.60. The molecule has 0 radical (unpaired) electrons. The lowest BCUT2D eigenvalue weighted by Crippen LogP contribution is -1.86. The van der Waals surface area contributed by atoms with Crippen molar-refractivity contribution in [1.29, 1.82) is 0 Å². The second-order valence-electron chi connectivity index (χ2n) is 2.65. The number of halogens is 1. The lowest BCUT2D eigenvalue weighted by atomic mass is 10.2. The van der Waals surface area contributed by atoms with Crippen LogP contribution < -0.4 is 5.73 Å². The Kier molecular flexibility index (Phi) is 8.24. The van der Waals surface area contributed by atoms with Crippen LogP contribution in [-0.4, -0.2) is 12.8 Å². The third-order valence-corrected chi connectivity index (χ3v) is 1.74. The van der Waals surface area contributed by atoms with Gasteiger partial charge in [0.25, 0.3) is 0 Å². The molecule has 3 heteroatoms. The molecule has 0 spiro atoms. The van der Waals surface area contributed by atoms with E-state index < -0.39 is 0 Å². The molecular formula is C9H17ClN2. The van der Waals surface area contributed by atoms with Crippen LogP contribution in [0.1, 0.15) is 32.6 Å². The van der Waals surface area contributed by atoms with Gasteiger partial charge < -0.3 is 5.73 Å². The van der Waals surface area contributed by atoms with Crippen LogP contribution in [0.5, 0.6) is 0 Å². The SMILES string of the molecule is CCCCCCN=CC(Cl)=CN. The third-order valence-electron chi connectivity index (χ3n) is 1.51. The van der Waals surface area contributed by atoms with Crippen molar-refractivity contribution in [1.82, 2.24) is 0 Å². The second-order valence-corrected chi connectivity index (χ2v) is 3.08. The molecule has 0 bridgehead atoms. The lowest BCUT2D eigenvalue weighted by Gasteiger charge is -1.93. The van der Waals surface area contributed by atoms with Gasteiger partial charge in [0.05, 0.1) is 5.03 Å². The average molecular weight is 189 g/mol. The molecule has 0 saturated carbocycles. The lowest BCUT2D eigenvalue weighted by molar-refractivity contribution is 0.676. The Morgan fingerprint density at radius 2 is 2.17 bits per heavy atom. The Morgan fingerprint density at radius 1 is 1.42 bits per heavy atom. The van der Waals surface area contributed by atoms with Crippen molar-refractivity contribution in [3.63, 3.8) is 0 Å². The quantitative estimate of drug-likeness (QED) is 0.505. The van der Waals surface area contributed by atoms with Gasteiger partial charge in [0, 0.05) is 19.0 Å². The molecular weight excluding hydrogens is 172 g/mol. The van der Waals surface area contributed by atoms with Gasteiger partial charge in [-0.1, -0.05) is 37.8 Å². The van der Waals surface area contributed by atoms with Crippen LogP contribution in [0, 0.1) is 0 Å². The van der Waals surface area contributed by atoms with E-state index in [9.17, 15) is 0 Å². The summed E-state index contributed by atoms with van der Waals surface area (Å²) in [7, 11) is 0. The number of aliphatic imine (C=N–C) groups is 1. The first-order chi connectivity index (χ1) is 5.81. The monoisotopic (exact) mass is 188 g/mol. The van der Waals surface area contributed by atoms with Crippen LogP contribution in [-0.2, 0) is 0 Å². The van der Waals surface area contributed by atoms with Gasteiger partial charge in [0.2, 0.25) is 0 Å². The number of allylic oxidation sites excluding steroid dienone is 1. The molecule has 2 nitrogen and oxygen atoms in total. The highest BCUT2D eigenvalue weighted by Gasteiger charge is 1.85. The molecule has 0 fully saturated rings. The Hall–Kier alpha value is -0.500. The van der Waals surface area contributed by atoms with Gasteiger partial charge >= 0.3 is 0 Å². The summed E-state index contributed by atoms with van der Waals surface area (Å²) in [6.45, 7) is 3.04. The summed E-state index contributed by atoms with van der Waals surface area (Å²) in [4.78, 5) is 4.11. The molecule has 0 aromatic carbocycles. The van der Waals surface area contributed by atoms with E-state index in [1.165, 1.54) is 25.5 Å². The van der Waals surface area contributed by atoms with Gasteiger partial charge in [-0.15, -0.1) is 0 Å². The van der Waals surface area contributed by atoms with Crippen molar-refractivity contribution >= 4 is 17.8 Å². The van der Waals surface area contributed by atoms with Crippen LogP contribution >= 0.6 is 11.6 Å². The molecule has 2 N–H and O–H groups in total. The normalized spacial score (nSPS) is 12.7. The molecule has 0 saturated heterocycles. The summed E-state index contributed by atoms with van der Waals surface area (Å²) in [5.41, 5.74) is 5.15. The maximum absolute atomic E-state index is 5.59. The smallest absolute Gasteiger partial charge is 0.0738 e. The highest BCUT2D eigenvalue weighted by Crippen LogP contribution is 1.99.